The van der Waals surface area contributed by atoms with Crippen molar-refractivity contribution in [3.8, 4) is 0 Å². The second-order valence-electron chi connectivity index (χ2n) is 8.46. The van der Waals surface area contributed by atoms with Crippen molar-refractivity contribution in [2.24, 2.45) is 0 Å². The van der Waals surface area contributed by atoms with Crippen molar-refractivity contribution < 1.29 is 26.9 Å². The molecule has 1 unspecified atom stereocenters. The smallest absolute Gasteiger partial charge is 0.299 e. The van der Waals surface area contributed by atoms with Crippen molar-refractivity contribution in [3.05, 3.63) is 72.3 Å². The molecule has 7 nitrogen and oxygen atoms in total. The fourth-order valence-electron chi connectivity index (χ4n) is 4.24. The monoisotopic (exact) mass is 497 g/mol. The highest BCUT2D eigenvalue weighted by Gasteiger charge is 2.35. The van der Waals surface area contributed by atoms with Gasteiger partial charge in [-0.1, -0.05) is 60.7 Å². The topological polar surface area (TPSA) is 98.8 Å². The van der Waals surface area contributed by atoms with Gasteiger partial charge >= 0.3 is 0 Å². The molecule has 186 valence electrons. The quantitative estimate of drug-likeness (QED) is 0.283. The predicted molar refractivity (Wildman–Crippen MR) is 136 cm³/mol. The van der Waals surface area contributed by atoms with Crippen molar-refractivity contribution >= 4 is 38.3 Å². The summed E-state index contributed by atoms with van der Waals surface area (Å²) in [5.74, 6) is -0.374. The molecule has 35 heavy (non-hydrogen) atoms. The van der Waals surface area contributed by atoms with E-state index in [0.29, 0.717) is 31.1 Å². The van der Waals surface area contributed by atoms with E-state index in [0.717, 1.165) is 18.1 Å². The lowest BCUT2D eigenvalue weighted by atomic mass is 9.85. The first-order valence-electron chi connectivity index (χ1n) is 11.4. The first-order chi connectivity index (χ1) is 16.7. The SMILES string of the molecule is COC(CCCCC(=O)Nc1ccc2ccccc2c1S(=O)(=O)OC)(Cc1ccccc1)C(C)=O. The van der Waals surface area contributed by atoms with E-state index in [1.807, 2.05) is 36.4 Å². The summed E-state index contributed by atoms with van der Waals surface area (Å²) in [5, 5.41) is 3.91. The molecular weight excluding hydrogens is 466 g/mol. The summed E-state index contributed by atoms with van der Waals surface area (Å²) in [6.07, 6.45) is 2.21. The minimum atomic E-state index is -4.06. The van der Waals surface area contributed by atoms with Gasteiger partial charge in [0.05, 0.1) is 12.8 Å². The number of hydrogen-bond acceptors (Lipinski definition) is 6. The van der Waals surface area contributed by atoms with Gasteiger partial charge in [-0.25, -0.2) is 0 Å². The van der Waals surface area contributed by atoms with Crippen LogP contribution in [0.1, 0.15) is 38.2 Å². The Balaban J connectivity index is 1.67. The third kappa shape index (κ3) is 6.33. The molecule has 0 aromatic heterocycles. The first-order valence-corrected chi connectivity index (χ1v) is 12.9. The van der Waals surface area contributed by atoms with Crippen LogP contribution >= 0.6 is 0 Å². The van der Waals surface area contributed by atoms with Gasteiger partial charge in [0, 0.05) is 25.3 Å². The number of amides is 1. The second kappa shape index (κ2) is 11.6. The third-order valence-electron chi connectivity index (χ3n) is 6.22. The Morgan fingerprint density at radius 3 is 2.26 bits per heavy atom. The average Bonchev–Trinajstić information content (AvgIpc) is 2.86. The molecule has 0 spiro atoms. The highest BCUT2D eigenvalue weighted by molar-refractivity contribution is 7.87. The van der Waals surface area contributed by atoms with Crippen LogP contribution in [0.3, 0.4) is 0 Å². The molecule has 0 heterocycles. The lowest BCUT2D eigenvalue weighted by Crippen LogP contribution is -2.41. The predicted octanol–water partition coefficient (Wildman–Crippen LogP) is 4.89. The molecule has 0 aliphatic rings. The van der Waals surface area contributed by atoms with Gasteiger partial charge in [-0.05, 0) is 43.2 Å². The van der Waals surface area contributed by atoms with Crippen molar-refractivity contribution in [2.45, 2.75) is 49.5 Å². The molecule has 0 radical (unpaired) electrons. The maximum atomic E-state index is 12.7. The van der Waals surface area contributed by atoms with Gasteiger partial charge in [0.25, 0.3) is 10.1 Å². The van der Waals surface area contributed by atoms with Crippen LogP contribution in [0.15, 0.2) is 71.6 Å². The van der Waals surface area contributed by atoms with Crippen LogP contribution < -0.4 is 5.32 Å². The molecule has 0 saturated heterocycles. The Labute approximate surface area is 206 Å². The lowest BCUT2D eigenvalue weighted by molar-refractivity contribution is -0.139. The van der Waals surface area contributed by atoms with Crippen LogP contribution in [0.5, 0.6) is 0 Å². The minimum absolute atomic E-state index is 0.0566. The standard InChI is InChI=1S/C27H31NO6S/c1-20(29)27(33-2,19-21-11-5-4-6-12-21)18-10-9-15-25(30)28-24-17-16-22-13-7-8-14-23(22)26(24)35(31,32)34-3/h4-8,11-14,16-17H,9-10,15,18-19H2,1-3H3,(H,28,30). The van der Waals surface area contributed by atoms with Crippen LogP contribution in [0.25, 0.3) is 10.8 Å². The van der Waals surface area contributed by atoms with E-state index in [1.54, 1.807) is 30.3 Å². The van der Waals surface area contributed by atoms with Crippen LogP contribution in [0, 0.1) is 0 Å². The number of rotatable bonds is 12. The molecule has 0 saturated carbocycles. The zero-order valence-corrected chi connectivity index (χ0v) is 21.1. The number of unbranched alkanes of at least 4 members (excludes halogenated alkanes) is 1. The fraction of sp³-hybridized carbons (Fsp3) is 0.333. The largest absolute Gasteiger partial charge is 0.370 e. The Morgan fingerprint density at radius 2 is 1.60 bits per heavy atom. The number of hydrogen-bond donors (Lipinski definition) is 1. The van der Waals surface area contributed by atoms with Crippen molar-refractivity contribution in [1.82, 2.24) is 0 Å². The Hall–Kier alpha value is -3.07. The van der Waals surface area contributed by atoms with Gasteiger partial charge in [0.1, 0.15) is 10.5 Å². The summed E-state index contributed by atoms with van der Waals surface area (Å²) in [4.78, 5) is 25.1. The number of carbonyl (C=O) groups excluding carboxylic acids is 2. The number of anilines is 1. The summed E-state index contributed by atoms with van der Waals surface area (Å²) >= 11 is 0. The Kier molecular flexibility index (Phi) is 8.77. The van der Waals surface area contributed by atoms with E-state index in [-0.39, 0.29) is 28.7 Å². The molecule has 1 amide bonds. The van der Waals surface area contributed by atoms with E-state index in [1.165, 1.54) is 14.0 Å². The zero-order chi connectivity index (χ0) is 25.5. The molecule has 0 bridgehead atoms. The molecule has 8 heteroatoms. The van der Waals surface area contributed by atoms with Gasteiger partial charge < -0.3 is 10.1 Å². The molecular formula is C27H31NO6S. The van der Waals surface area contributed by atoms with Crippen molar-refractivity contribution in [2.75, 3.05) is 19.5 Å². The fourth-order valence-corrected chi connectivity index (χ4v) is 5.25. The van der Waals surface area contributed by atoms with Crippen molar-refractivity contribution in [1.29, 1.82) is 0 Å². The van der Waals surface area contributed by atoms with Crippen molar-refractivity contribution in [3.63, 3.8) is 0 Å². The van der Waals surface area contributed by atoms with Gasteiger partial charge in [0.15, 0.2) is 5.78 Å². The Bertz CT molecular complexity index is 1290. The first kappa shape index (κ1) is 26.5. The molecule has 1 atom stereocenters. The van der Waals surface area contributed by atoms with E-state index in [9.17, 15) is 18.0 Å². The van der Waals surface area contributed by atoms with E-state index < -0.39 is 15.7 Å². The van der Waals surface area contributed by atoms with Crippen LogP contribution in [0.4, 0.5) is 5.69 Å². The highest BCUT2D eigenvalue weighted by Crippen LogP contribution is 2.32. The van der Waals surface area contributed by atoms with Crippen LogP contribution in [-0.4, -0.2) is 39.9 Å². The maximum Gasteiger partial charge on any atom is 0.299 e. The summed E-state index contributed by atoms with van der Waals surface area (Å²) in [6.45, 7) is 1.52. The highest BCUT2D eigenvalue weighted by atomic mass is 32.2. The number of methoxy groups -OCH3 is 1. The molecule has 3 aromatic carbocycles. The summed E-state index contributed by atoms with van der Waals surface area (Å²) in [6, 6.07) is 20.0. The normalized spacial score (nSPS) is 13.3. The average molecular weight is 498 g/mol. The summed E-state index contributed by atoms with van der Waals surface area (Å²) in [5.41, 5.74) is 0.232. The van der Waals surface area contributed by atoms with Gasteiger partial charge in [-0.3, -0.25) is 13.8 Å². The molecule has 3 aromatic rings. The third-order valence-corrected chi connectivity index (χ3v) is 7.60. The lowest BCUT2D eigenvalue weighted by Gasteiger charge is -2.30. The minimum Gasteiger partial charge on any atom is -0.370 e. The number of carbonyl (C=O) groups is 2. The zero-order valence-electron chi connectivity index (χ0n) is 20.2. The molecule has 0 aliphatic heterocycles. The van der Waals surface area contributed by atoms with Gasteiger partial charge in [0.2, 0.25) is 5.91 Å². The maximum absolute atomic E-state index is 12.7. The number of nitrogens with one attached hydrogen (secondary N) is 1. The van der Waals surface area contributed by atoms with E-state index in [4.69, 9.17) is 8.92 Å². The van der Waals surface area contributed by atoms with Gasteiger partial charge in [-0.2, -0.15) is 8.42 Å². The van der Waals surface area contributed by atoms with Gasteiger partial charge in [-0.15, -0.1) is 0 Å². The number of ether oxygens (including phenoxy) is 1. The molecule has 0 fully saturated rings. The van der Waals surface area contributed by atoms with E-state index in [2.05, 4.69) is 5.32 Å². The number of ketones is 1. The van der Waals surface area contributed by atoms with Crippen LogP contribution in [-0.2, 0) is 35.0 Å². The summed E-state index contributed by atoms with van der Waals surface area (Å²) < 4.78 is 35.7. The second-order valence-corrected chi connectivity index (χ2v) is 10.1. The number of benzene rings is 3. The number of fused-ring (bicyclic) bond motifs is 1. The van der Waals surface area contributed by atoms with E-state index >= 15 is 0 Å². The number of Topliss-reactive ketones (excluding diaryl/α,β-unsaturated/α-hetero) is 1. The molecule has 1 N–H and O–H groups in total. The molecule has 3 rings (SSSR count). The van der Waals surface area contributed by atoms with Crippen LogP contribution in [0.2, 0.25) is 0 Å². The Morgan fingerprint density at radius 1 is 0.914 bits per heavy atom. The molecule has 0 aliphatic carbocycles. The summed E-state index contributed by atoms with van der Waals surface area (Å²) in [7, 11) is -1.43.